The largest absolute Gasteiger partial charge is 0.354 e. The van der Waals surface area contributed by atoms with Crippen molar-refractivity contribution in [2.24, 2.45) is 15.4 Å². The second-order valence-corrected chi connectivity index (χ2v) is 17.4. The fraction of sp³-hybridized carbons (Fsp3) is 0.333. The Morgan fingerprint density at radius 1 is 0.681 bits per heavy atom. The molecule has 1 aromatic heterocycles. The number of hydrogen-bond donors (Lipinski definition) is 2. The minimum Gasteiger partial charge on any atom is -0.354 e. The number of benzene rings is 2. The first kappa shape index (κ1) is 32.0. The van der Waals surface area contributed by atoms with Crippen LogP contribution in [0.3, 0.4) is 0 Å². The number of halogens is 1. The highest BCUT2D eigenvalue weighted by Crippen LogP contribution is 2.37. The number of nitrogens with one attached hydrogen (secondary N) is 2. The zero-order chi connectivity index (χ0) is 33.3. The van der Waals surface area contributed by atoms with Crippen LogP contribution in [-0.2, 0) is 10.8 Å². The van der Waals surface area contributed by atoms with Crippen molar-refractivity contribution in [1.29, 1.82) is 0 Å². The average Bonchev–Trinajstić information content (AvgIpc) is 3.79. The second kappa shape index (κ2) is 11.6. The SMILES string of the molecule is CC(C)(C)c1cc(/C2=c3\cc/c([nH]3)=C(\c3ccc(I)cc3)C3=N/C(=C\C4CC(C)(C)C(/C=C5/C=CC2=N5)N4)C=C3)cc(C(C)(C)C)c1. The zero-order valence-corrected chi connectivity index (χ0v) is 31.0. The van der Waals surface area contributed by atoms with Crippen LogP contribution < -0.4 is 16.0 Å². The average molecular weight is 733 g/mol. The van der Waals surface area contributed by atoms with E-state index in [9.17, 15) is 0 Å². The Kier molecular flexibility index (Phi) is 7.87. The lowest BCUT2D eigenvalue weighted by molar-refractivity contribution is 0.355. The molecule has 4 aliphatic heterocycles. The summed E-state index contributed by atoms with van der Waals surface area (Å²) in [4.78, 5) is 14.4. The van der Waals surface area contributed by atoms with Gasteiger partial charge in [-0.3, -0.25) is 0 Å². The number of allylic oxidation sites excluding steroid dienone is 4. The molecule has 1 fully saturated rings. The summed E-state index contributed by atoms with van der Waals surface area (Å²) < 4.78 is 1.21. The summed E-state index contributed by atoms with van der Waals surface area (Å²) in [7, 11) is 0. The fourth-order valence-corrected chi connectivity index (χ4v) is 7.37. The maximum atomic E-state index is 5.31. The molecule has 4 nitrogen and oxygen atoms in total. The number of nitrogens with zero attached hydrogens (tertiary/aromatic N) is 2. The molecule has 2 atom stereocenters. The molecule has 0 radical (unpaired) electrons. The molecule has 2 unspecified atom stereocenters. The molecule has 2 N–H and O–H groups in total. The Morgan fingerprint density at radius 2 is 1.21 bits per heavy atom. The highest BCUT2D eigenvalue weighted by Gasteiger charge is 2.38. The van der Waals surface area contributed by atoms with Gasteiger partial charge in [-0.25, -0.2) is 9.98 Å². The Hall–Kier alpha value is -3.55. The van der Waals surface area contributed by atoms with E-state index >= 15 is 0 Å². The first-order valence-electron chi connectivity index (χ1n) is 16.7. The van der Waals surface area contributed by atoms with Gasteiger partial charge in [0.2, 0.25) is 0 Å². The quantitative estimate of drug-likeness (QED) is 0.257. The van der Waals surface area contributed by atoms with E-state index in [0.717, 1.165) is 56.6 Å². The maximum absolute atomic E-state index is 5.31. The van der Waals surface area contributed by atoms with Gasteiger partial charge >= 0.3 is 0 Å². The number of rotatable bonds is 2. The molecule has 47 heavy (non-hydrogen) atoms. The maximum Gasteiger partial charge on any atom is 0.0736 e. The number of aromatic nitrogens is 1. The summed E-state index contributed by atoms with van der Waals surface area (Å²) in [5, 5.41) is 5.97. The van der Waals surface area contributed by atoms with Gasteiger partial charge in [-0.15, -0.1) is 0 Å². The molecule has 5 heterocycles. The number of fused-ring (bicyclic) bond motifs is 6. The van der Waals surface area contributed by atoms with Crippen LogP contribution in [0.4, 0.5) is 0 Å². The Balaban J connectivity index is 1.57. The van der Waals surface area contributed by atoms with E-state index in [0.29, 0.717) is 0 Å². The minimum atomic E-state index is -0.00558. The lowest BCUT2D eigenvalue weighted by atomic mass is 9.78. The van der Waals surface area contributed by atoms with Gasteiger partial charge in [0.25, 0.3) is 0 Å². The number of aromatic amines is 1. The van der Waals surface area contributed by atoms with Crippen molar-refractivity contribution in [1.82, 2.24) is 10.3 Å². The van der Waals surface area contributed by atoms with Gasteiger partial charge in [0.05, 0.1) is 22.8 Å². The number of aliphatic imine (C=N–C) groups is 2. The zero-order valence-electron chi connectivity index (χ0n) is 28.8. The third-order valence-corrected chi connectivity index (χ3v) is 10.6. The third kappa shape index (κ3) is 6.37. The van der Waals surface area contributed by atoms with Crippen LogP contribution in [0, 0.1) is 8.99 Å². The van der Waals surface area contributed by atoms with Gasteiger partial charge in [0, 0.05) is 37.5 Å². The molecule has 0 spiro atoms. The topological polar surface area (TPSA) is 52.5 Å². The van der Waals surface area contributed by atoms with E-state index in [1.807, 2.05) is 0 Å². The van der Waals surface area contributed by atoms with Gasteiger partial charge in [-0.1, -0.05) is 85.7 Å². The Bertz CT molecular complexity index is 2050. The normalized spacial score (nSPS) is 26.5. The van der Waals surface area contributed by atoms with Gasteiger partial charge in [-0.2, -0.15) is 0 Å². The van der Waals surface area contributed by atoms with Gasteiger partial charge in [0.15, 0.2) is 0 Å². The van der Waals surface area contributed by atoms with Crippen molar-refractivity contribution in [3.63, 3.8) is 0 Å². The highest BCUT2D eigenvalue weighted by atomic mass is 127. The summed E-state index contributed by atoms with van der Waals surface area (Å²) in [6, 6.07) is 20.7. The first-order valence-corrected chi connectivity index (χ1v) is 17.8. The molecule has 0 aliphatic carbocycles. The lowest BCUT2D eigenvalue weighted by Crippen LogP contribution is -2.32. The molecule has 0 amide bonds. The van der Waals surface area contributed by atoms with Gasteiger partial charge in [-0.05, 0) is 128 Å². The van der Waals surface area contributed by atoms with Crippen LogP contribution >= 0.6 is 22.6 Å². The van der Waals surface area contributed by atoms with E-state index in [1.165, 1.54) is 20.3 Å². The predicted octanol–water partition coefficient (Wildman–Crippen LogP) is 8.17. The second-order valence-electron chi connectivity index (χ2n) is 16.1. The molecule has 7 rings (SSSR count). The van der Waals surface area contributed by atoms with Crippen molar-refractivity contribution in [3.05, 3.63) is 139 Å². The summed E-state index contributed by atoms with van der Waals surface area (Å²) in [5.41, 5.74) is 11.2. The molecule has 2 aromatic carbocycles. The van der Waals surface area contributed by atoms with Crippen molar-refractivity contribution >= 4 is 45.2 Å². The van der Waals surface area contributed by atoms with E-state index in [-0.39, 0.29) is 28.3 Å². The van der Waals surface area contributed by atoms with Gasteiger partial charge in [0.1, 0.15) is 0 Å². The molecule has 1 saturated heterocycles. The van der Waals surface area contributed by atoms with Crippen LogP contribution in [-0.4, -0.2) is 28.5 Å². The predicted molar refractivity (Wildman–Crippen MR) is 206 cm³/mol. The van der Waals surface area contributed by atoms with Crippen LogP contribution in [0.25, 0.3) is 11.1 Å². The van der Waals surface area contributed by atoms with E-state index in [4.69, 9.17) is 9.98 Å². The lowest BCUT2D eigenvalue weighted by Gasteiger charge is -2.26. The van der Waals surface area contributed by atoms with Crippen LogP contribution in [0.15, 0.2) is 112 Å². The molecule has 0 saturated carbocycles. The summed E-state index contributed by atoms with van der Waals surface area (Å²) in [6.45, 7) is 18.5. The first-order chi connectivity index (χ1) is 22.1. The van der Waals surface area contributed by atoms with Crippen LogP contribution in [0.2, 0.25) is 0 Å². The monoisotopic (exact) mass is 732 g/mol. The number of H-pyrrole nitrogens is 1. The summed E-state index contributed by atoms with van der Waals surface area (Å²) in [5.74, 6) is 0. The Labute approximate surface area is 293 Å². The Morgan fingerprint density at radius 3 is 1.77 bits per heavy atom. The fourth-order valence-electron chi connectivity index (χ4n) is 7.01. The number of hydrogen-bond acceptors (Lipinski definition) is 3. The standard InChI is InChI=1S/C42H45IN4/c1-40(2,3)27-19-26(20-28(21-27)41(4,5)6)39-34-16-14-31(45-34)23-37-42(7,8)24-32(46-37)22-30-13-15-33(44-30)38(35-17-18-36(39)47-35)25-9-11-29(43)12-10-25/h9-23,32,37,46-47H,24H2,1-8H3/b30-22-,31-23-,38-35-,39-36-. The molecule has 4 aliphatic rings. The highest BCUT2D eigenvalue weighted by molar-refractivity contribution is 14.1. The minimum absolute atomic E-state index is 0.00558. The van der Waals surface area contributed by atoms with Crippen molar-refractivity contribution in [2.45, 2.75) is 84.7 Å². The van der Waals surface area contributed by atoms with Gasteiger partial charge < -0.3 is 10.3 Å². The van der Waals surface area contributed by atoms with E-state index < -0.39 is 0 Å². The molecule has 240 valence electrons. The summed E-state index contributed by atoms with van der Waals surface area (Å²) in [6.07, 6.45) is 14.3. The molecular weight excluding hydrogens is 687 g/mol. The smallest absolute Gasteiger partial charge is 0.0736 e. The van der Waals surface area contributed by atoms with Crippen molar-refractivity contribution < 1.29 is 0 Å². The van der Waals surface area contributed by atoms with Crippen LogP contribution in [0.1, 0.15) is 84.1 Å². The summed E-state index contributed by atoms with van der Waals surface area (Å²) >= 11 is 2.37. The molecule has 8 bridgehead atoms. The molecule has 3 aromatic rings. The van der Waals surface area contributed by atoms with Crippen LogP contribution in [0.5, 0.6) is 0 Å². The molecule has 5 heteroatoms. The van der Waals surface area contributed by atoms with Crippen molar-refractivity contribution in [2.75, 3.05) is 0 Å². The van der Waals surface area contributed by atoms with Crippen molar-refractivity contribution in [3.8, 4) is 0 Å². The third-order valence-electron chi connectivity index (χ3n) is 9.84. The molecular formula is C42H45IN4. The van der Waals surface area contributed by atoms with E-state index in [2.05, 4.69) is 179 Å². The van der Waals surface area contributed by atoms with E-state index in [1.54, 1.807) is 0 Å².